The molecule has 1 aromatic heterocycles. The molecule has 1 N–H and O–H groups in total. The Morgan fingerprint density at radius 2 is 1.83 bits per heavy atom. The Kier molecular flexibility index (Phi) is 5.88. The molecule has 0 fully saturated rings. The first-order chi connectivity index (χ1) is 13.8. The number of nitrogens with zero attached hydrogens (tertiary/aromatic N) is 1. The van der Waals surface area contributed by atoms with Gasteiger partial charge in [0.05, 0.1) is 11.1 Å². The highest BCUT2D eigenvalue weighted by molar-refractivity contribution is 7.91. The topological polar surface area (TPSA) is 85.4 Å². The number of rotatable bonds is 6. The molecule has 2 aromatic carbocycles. The van der Waals surface area contributed by atoms with E-state index in [1.54, 1.807) is 42.7 Å². The summed E-state index contributed by atoms with van der Waals surface area (Å²) in [6.45, 7) is 1.81. The Bertz CT molecular complexity index is 1120. The van der Waals surface area contributed by atoms with Gasteiger partial charge in [0.2, 0.25) is 9.84 Å². The number of halogens is 2. The van der Waals surface area contributed by atoms with Crippen LogP contribution in [-0.4, -0.2) is 25.1 Å². The second-order valence-electron chi connectivity index (χ2n) is 6.06. The zero-order valence-corrected chi connectivity index (χ0v) is 16.0. The van der Waals surface area contributed by atoms with Gasteiger partial charge in [0.1, 0.15) is 11.5 Å². The third kappa shape index (κ3) is 4.75. The Morgan fingerprint density at radius 1 is 1.10 bits per heavy atom. The SMILES string of the molecule is Cc1cc(NC(=O)c2ccc(S(=O)(=O)C(F)F)cc2)ccc1Oc1cccnc1. The van der Waals surface area contributed by atoms with Gasteiger partial charge in [0.15, 0.2) is 0 Å². The molecular weight excluding hydrogens is 402 g/mol. The van der Waals surface area contributed by atoms with Gasteiger partial charge in [-0.1, -0.05) is 0 Å². The van der Waals surface area contributed by atoms with Gasteiger partial charge in [-0.3, -0.25) is 9.78 Å². The number of pyridine rings is 1. The fraction of sp³-hybridized carbons (Fsp3) is 0.100. The van der Waals surface area contributed by atoms with Crippen LogP contribution in [0.25, 0.3) is 0 Å². The molecule has 150 valence electrons. The number of alkyl halides is 2. The number of benzene rings is 2. The van der Waals surface area contributed by atoms with Gasteiger partial charge >= 0.3 is 5.76 Å². The molecule has 0 spiro atoms. The number of hydrogen-bond donors (Lipinski definition) is 1. The highest BCUT2D eigenvalue weighted by Crippen LogP contribution is 2.27. The molecule has 0 unspecified atom stereocenters. The first-order valence-electron chi connectivity index (χ1n) is 8.39. The molecule has 0 saturated heterocycles. The van der Waals surface area contributed by atoms with Crippen molar-refractivity contribution in [2.24, 2.45) is 0 Å². The van der Waals surface area contributed by atoms with E-state index < -0.39 is 26.4 Å². The van der Waals surface area contributed by atoms with Crippen LogP contribution < -0.4 is 10.1 Å². The number of aromatic nitrogens is 1. The second kappa shape index (κ2) is 8.36. The number of anilines is 1. The van der Waals surface area contributed by atoms with Gasteiger partial charge in [0.25, 0.3) is 5.91 Å². The van der Waals surface area contributed by atoms with Crippen LogP contribution in [0.1, 0.15) is 15.9 Å². The van der Waals surface area contributed by atoms with Crippen molar-refractivity contribution in [3.8, 4) is 11.5 Å². The molecule has 0 aliphatic heterocycles. The fourth-order valence-corrected chi connectivity index (χ4v) is 3.20. The largest absolute Gasteiger partial charge is 0.455 e. The fourth-order valence-electron chi connectivity index (χ4n) is 2.48. The number of carbonyl (C=O) groups is 1. The third-order valence-electron chi connectivity index (χ3n) is 3.97. The number of ether oxygens (including phenoxy) is 1. The Balaban J connectivity index is 1.71. The van der Waals surface area contributed by atoms with Crippen molar-refractivity contribution >= 4 is 21.4 Å². The van der Waals surface area contributed by atoms with Crippen molar-refractivity contribution in [1.82, 2.24) is 4.98 Å². The van der Waals surface area contributed by atoms with Gasteiger partial charge in [-0.2, -0.15) is 8.78 Å². The lowest BCUT2D eigenvalue weighted by Crippen LogP contribution is -2.14. The van der Waals surface area contributed by atoms with E-state index in [4.69, 9.17) is 4.74 Å². The molecule has 0 atom stereocenters. The smallest absolute Gasteiger partial charge is 0.341 e. The molecule has 0 aliphatic carbocycles. The van der Waals surface area contributed by atoms with E-state index in [0.29, 0.717) is 17.2 Å². The summed E-state index contributed by atoms with van der Waals surface area (Å²) in [6, 6.07) is 12.9. The molecule has 3 rings (SSSR count). The maximum Gasteiger partial charge on any atom is 0.341 e. The van der Waals surface area contributed by atoms with Gasteiger partial charge in [-0.25, -0.2) is 8.42 Å². The van der Waals surface area contributed by atoms with Crippen molar-refractivity contribution in [3.63, 3.8) is 0 Å². The second-order valence-corrected chi connectivity index (χ2v) is 7.97. The lowest BCUT2D eigenvalue weighted by Gasteiger charge is -2.11. The molecule has 6 nitrogen and oxygen atoms in total. The number of amides is 1. The molecule has 3 aromatic rings. The first-order valence-corrected chi connectivity index (χ1v) is 9.94. The molecular formula is C20H16F2N2O4S. The Morgan fingerprint density at radius 3 is 2.41 bits per heavy atom. The molecule has 29 heavy (non-hydrogen) atoms. The maximum atomic E-state index is 12.6. The molecule has 0 aliphatic rings. The molecule has 1 heterocycles. The van der Waals surface area contributed by atoms with Crippen LogP contribution >= 0.6 is 0 Å². The van der Waals surface area contributed by atoms with Crippen molar-refractivity contribution in [3.05, 3.63) is 78.1 Å². The molecule has 0 saturated carbocycles. The molecule has 0 bridgehead atoms. The van der Waals surface area contributed by atoms with Crippen LogP contribution in [0.5, 0.6) is 11.5 Å². The molecule has 1 amide bonds. The third-order valence-corrected chi connectivity index (χ3v) is 5.37. The van der Waals surface area contributed by atoms with Crippen molar-refractivity contribution in [2.75, 3.05) is 5.32 Å². The summed E-state index contributed by atoms with van der Waals surface area (Å²) < 4.78 is 53.7. The van der Waals surface area contributed by atoms with Crippen LogP contribution in [0.3, 0.4) is 0 Å². The quantitative estimate of drug-likeness (QED) is 0.640. The highest BCUT2D eigenvalue weighted by Gasteiger charge is 2.26. The Hall–Kier alpha value is -3.33. The van der Waals surface area contributed by atoms with Crippen LogP contribution in [0.15, 0.2) is 71.9 Å². The van der Waals surface area contributed by atoms with E-state index in [1.165, 1.54) is 12.1 Å². The van der Waals surface area contributed by atoms with Gasteiger partial charge in [-0.15, -0.1) is 0 Å². The van der Waals surface area contributed by atoms with Crippen LogP contribution in [0, 0.1) is 6.92 Å². The van der Waals surface area contributed by atoms with Crippen molar-refractivity contribution < 1.29 is 26.7 Å². The first kappa shape index (κ1) is 20.4. The van der Waals surface area contributed by atoms with Crippen molar-refractivity contribution in [1.29, 1.82) is 0 Å². The summed E-state index contributed by atoms with van der Waals surface area (Å²) in [5.41, 5.74) is 1.40. The van der Waals surface area contributed by atoms with Gasteiger partial charge in [-0.05, 0) is 67.1 Å². The number of hydrogen-bond acceptors (Lipinski definition) is 5. The number of sulfone groups is 1. The summed E-state index contributed by atoms with van der Waals surface area (Å²) in [6.07, 6.45) is 3.21. The van der Waals surface area contributed by atoms with Crippen LogP contribution in [0.2, 0.25) is 0 Å². The molecule has 9 heteroatoms. The van der Waals surface area contributed by atoms with E-state index in [9.17, 15) is 22.0 Å². The number of aryl methyl sites for hydroxylation is 1. The monoisotopic (exact) mass is 418 g/mol. The normalized spacial score (nSPS) is 11.3. The lowest BCUT2D eigenvalue weighted by molar-refractivity contribution is 0.102. The minimum absolute atomic E-state index is 0.131. The zero-order chi connectivity index (χ0) is 21.0. The van der Waals surface area contributed by atoms with Gasteiger partial charge < -0.3 is 10.1 Å². The van der Waals surface area contributed by atoms with E-state index >= 15 is 0 Å². The highest BCUT2D eigenvalue weighted by atomic mass is 32.2. The number of nitrogens with one attached hydrogen (secondary N) is 1. The minimum Gasteiger partial charge on any atom is -0.455 e. The van der Waals surface area contributed by atoms with Crippen LogP contribution in [-0.2, 0) is 9.84 Å². The van der Waals surface area contributed by atoms with E-state index in [-0.39, 0.29) is 5.56 Å². The summed E-state index contributed by atoms with van der Waals surface area (Å²) >= 11 is 0. The predicted molar refractivity (Wildman–Crippen MR) is 103 cm³/mol. The Labute approximate surface area is 166 Å². The average Bonchev–Trinajstić information content (AvgIpc) is 2.71. The summed E-state index contributed by atoms with van der Waals surface area (Å²) in [5, 5.41) is 2.67. The zero-order valence-electron chi connectivity index (χ0n) is 15.2. The van der Waals surface area contributed by atoms with Crippen molar-refractivity contribution in [2.45, 2.75) is 17.6 Å². The standard InChI is InChI=1S/C20H16F2N2O4S/c1-13-11-15(6-9-18(13)28-16-3-2-10-23-12-16)24-19(25)14-4-7-17(8-5-14)29(26,27)20(21)22/h2-12,20H,1H3,(H,24,25). The predicted octanol–water partition coefficient (Wildman–Crippen LogP) is 4.43. The van der Waals surface area contributed by atoms with E-state index in [1.807, 2.05) is 6.92 Å². The van der Waals surface area contributed by atoms with Crippen LogP contribution in [0.4, 0.5) is 14.5 Å². The van der Waals surface area contributed by atoms with Gasteiger partial charge in [0, 0.05) is 17.4 Å². The minimum atomic E-state index is -4.70. The molecule has 0 radical (unpaired) electrons. The van der Waals surface area contributed by atoms with E-state index in [2.05, 4.69) is 10.3 Å². The average molecular weight is 418 g/mol. The summed E-state index contributed by atoms with van der Waals surface area (Å²) in [7, 11) is -4.70. The van der Waals surface area contributed by atoms with E-state index in [0.717, 1.165) is 17.7 Å². The summed E-state index contributed by atoms with van der Waals surface area (Å²) in [4.78, 5) is 15.8. The maximum absolute atomic E-state index is 12.6. The number of carbonyl (C=O) groups excluding carboxylic acids is 1. The lowest BCUT2D eigenvalue weighted by atomic mass is 10.1. The summed E-state index contributed by atoms with van der Waals surface area (Å²) in [5.74, 6) is -2.85.